The van der Waals surface area contributed by atoms with Crippen molar-refractivity contribution in [3.05, 3.63) is 29.6 Å². The first-order valence-electron chi connectivity index (χ1n) is 7.73. The van der Waals surface area contributed by atoms with Crippen LogP contribution in [0.25, 0.3) is 0 Å². The molecule has 8 heteroatoms. The van der Waals surface area contributed by atoms with E-state index < -0.39 is 11.9 Å². The molecule has 0 aromatic carbocycles. The second-order valence-corrected chi connectivity index (χ2v) is 5.93. The molecular weight excluding hydrogens is 323 g/mol. The van der Waals surface area contributed by atoms with E-state index in [2.05, 4.69) is 4.98 Å². The SMILES string of the molecule is CC(=O)N(C)C1CCN(C(=O)Cc2cccc(C(F)(F)F)n2)CC1. The highest BCUT2D eigenvalue weighted by Gasteiger charge is 2.33. The molecule has 0 N–H and O–H groups in total. The van der Waals surface area contributed by atoms with Crippen molar-refractivity contribution in [1.82, 2.24) is 14.8 Å². The van der Waals surface area contributed by atoms with Gasteiger partial charge in [-0.2, -0.15) is 13.2 Å². The Hall–Kier alpha value is -2.12. The maximum absolute atomic E-state index is 12.7. The van der Waals surface area contributed by atoms with Crippen molar-refractivity contribution in [1.29, 1.82) is 0 Å². The third kappa shape index (κ3) is 4.46. The van der Waals surface area contributed by atoms with Gasteiger partial charge >= 0.3 is 6.18 Å². The van der Waals surface area contributed by atoms with Crippen LogP contribution in [0.3, 0.4) is 0 Å². The van der Waals surface area contributed by atoms with Gasteiger partial charge in [0.15, 0.2) is 0 Å². The first-order valence-corrected chi connectivity index (χ1v) is 7.73. The maximum Gasteiger partial charge on any atom is 0.433 e. The zero-order valence-electron chi connectivity index (χ0n) is 13.6. The summed E-state index contributed by atoms with van der Waals surface area (Å²) >= 11 is 0. The Morgan fingerprint density at radius 1 is 1.29 bits per heavy atom. The smallest absolute Gasteiger partial charge is 0.343 e. The molecule has 1 fully saturated rings. The third-order valence-corrected chi connectivity index (χ3v) is 4.29. The normalized spacial score (nSPS) is 16.1. The molecule has 132 valence electrons. The van der Waals surface area contributed by atoms with Crippen molar-refractivity contribution in [2.45, 2.75) is 38.4 Å². The number of hydrogen-bond acceptors (Lipinski definition) is 3. The number of piperidine rings is 1. The lowest BCUT2D eigenvalue weighted by Crippen LogP contribution is -2.47. The van der Waals surface area contributed by atoms with Crippen LogP contribution < -0.4 is 0 Å². The van der Waals surface area contributed by atoms with Crippen molar-refractivity contribution in [3.63, 3.8) is 0 Å². The number of nitrogens with zero attached hydrogens (tertiary/aromatic N) is 3. The van der Waals surface area contributed by atoms with Gasteiger partial charge in [-0.15, -0.1) is 0 Å². The van der Waals surface area contributed by atoms with E-state index in [1.165, 1.54) is 19.1 Å². The van der Waals surface area contributed by atoms with Gasteiger partial charge in [-0.1, -0.05) is 6.07 Å². The number of aromatic nitrogens is 1. The van der Waals surface area contributed by atoms with Crippen molar-refractivity contribution in [3.8, 4) is 0 Å². The molecule has 0 unspecified atom stereocenters. The molecule has 0 atom stereocenters. The van der Waals surface area contributed by atoms with Crippen LogP contribution in [0.15, 0.2) is 18.2 Å². The fraction of sp³-hybridized carbons (Fsp3) is 0.562. The standard InChI is InChI=1S/C16H20F3N3O2/c1-11(23)21(2)13-6-8-22(9-7-13)15(24)10-12-4-3-5-14(20-12)16(17,18)19/h3-5,13H,6-10H2,1-2H3. The minimum absolute atomic E-state index is 0.0204. The molecule has 2 amide bonds. The monoisotopic (exact) mass is 343 g/mol. The number of pyridine rings is 1. The Bertz CT molecular complexity index is 611. The van der Waals surface area contributed by atoms with E-state index in [1.54, 1.807) is 16.8 Å². The quantitative estimate of drug-likeness (QED) is 0.845. The molecular formula is C16H20F3N3O2. The molecule has 2 heterocycles. The van der Waals surface area contributed by atoms with Crippen LogP contribution in [-0.2, 0) is 22.2 Å². The van der Waals surface area contributed by atoms with Crippen molar-refractivity contribution < 1.29 is 22.8 Å². The summed E-state index contributed by atoms with van der Waals surface area (Å²) in [7, 11) is 1.73. The van der Waals surface area contributed by atoms with Gasteiger partial charge in [0.2, 0.25) is 11.8 Å². The van der Waals surface area contributed by atoms with Crippen molar-refractivity contribution >= 4 is 11.8 Å². The molecule has 1 aromatic heterocycles. The lowest BCUT2D eigenvalue weighted by atomic mass is 10.0. The van der Waals surface area contributed by atoms with Crippen LogP contribution in [0.2, 0.25) is 0 Å². The summed E-state index contributed by atoms with van der Waals surface area (Å²) in [6.45, 7) is 2.47. The van der Waals surface area contributed by atoms with Gasteiger partial charge in [-0.3, -0.25) is 9.59 Å². The molecule has 0 aliphatic carbocycles. The van der Waals surface area contributed by atoms with Gasteiger partial charge in [-0.25, -0.2) is 4.98 Å². The Morgan fingerprint density at radius 2 is 1.92 bits per heavy atom. The molecule has 0 radical (unpaired) electrons. The zero-order valence-corrected chi connectivity index (χ0v) is 13.6. The van der Waals surface area contributed by atoms with Crippen LogP contribution in [0.5, 0.6) is 0 Å². The predicted octanol–water partition coefficient (Wildman–Crippen LogP) is 2.11. The van der Waals surface area contributed by atoms with Crippen molar-refractivity contribution in [2.24, 2.45) is 0 Å². The lowest BCUT2D eigenvalue weighted by Gasteiger charge is -2.36. The molecule has 24 heavy (non-hydrogen) atoms. The lowest BCUT2D eigenvalue weighted by molar-refractivity contribution is -0.141. The largest absolute Gasteiger partial charge is 0.433 e. The predicted molar refractivity (Wildman–Crippen MR) is 81.0 cm³/mol. The average molecular weight is 343 g/mol. The van der Waals surface area contributed by atoms with Crippen LogP contribution in [-0.4, -0.2) is 52.8 Å². The van der Waals surface area contributed by atoms with Crippen LogP contribution in [0.4, 0.5) is 13.2 Å². The number of amides is 2. The van der Waals surface area contributed by atoms with Gasteiger partial charge in [0, 0.05) is 33.1 Å². The summed E-state index contributed by atoms with van der Waals surface area (Å²) in [6.07, 6.45) is -3.35. The molecule has 1 aliphatic rings. The maximum atomic E-state index is 12.7. The molecule has 2 rings (SSSR count). The fourth-order valence-electron chi connectivity index (χ4n) is 2.76. The molecule has 0 saturated carbocycles. The van der Waals surface area contributed by atoms with Gasteiger partial charge in [-0.05, 0) is 25.0 Å². The number of rotatable bonds is 3. The summed E-state index contributed by atoms with van der Waals surface area (Å²) in [4.78, 5) is 30.4. The highest BCUT2D eigenvalue weighted by Crippen LogP contribution is 2.27. The van der Waals surface area contributed by atoms with Crippen LogP contribution in [0, 0.1) is 0 Å². The topological polar surface area (TPSA) is 53.5 Å². The zero-order chi connectivity index (χ0) is 17.9. The van der Waals surface area contributed by atoms with E-state index in [9.17, 15) is 22.8 Å². The number of carbonyl (C=O) groups excluding carboxylic acids is 2. The minimum atomic E-state index is -4.52. The number of likely N-dealkylation sites (tertiary alicyclic amines) is 1. The molecule has 0 spiro atoms. The summed E-state index contributed by atoms with van der Waals surface area (Å²) < 4.78 is 38.0. The van der Waals surface area contributed by atoms with Crippen molar-refractivity contribution in [2.75, 3.05) is 20.1 Å². The van der Waals surface area contributed by atoms with E-state index in [0.29, 0.717) is 25.9 Å². The molecule has 0 bridgehead atoms. The fourth-order valence-corrected chi connectivity index (χ4v) is 2.76. The van der Waals surface area contributed by atoms with E-state index in [4.69, 9.17) is 0 Å². The number of alkyl halides is 3. The summed E-state index contributed by atoms with van der Waals surface area (Å²) in [6, 6.07) is 3.66. The second-order valence-electron chi connectivity index (χ2n) is 5.93. The number of halogens is 3. The number of hydrogen-bond donors (Lipinski definition) is 0. The summed E-state index contributed by atoms with van der Waals surface area (Å²) in [5.74, 6) is -0.265. The third-order valence-electron chi connectivity index (χ3n) is 4.29. The molecule has 5 nitrogen and oxygen atoms in total. The highest BCUT2D eigenvalue weighted by atomic mass is 19.4. The average Bonchev–Trinajstić information content (AvgIpc) is 2.53. The van der Waals surface area contributed by atoms with E-state index in [-0.39, 0.29) is 30.0 Å². The van der Waals surface area contributed by atoms with Crippen LogP contribution in [0.1, 0.15) is 31.2 Å². The first-order chi connectivity index (χ1) is 11.2. The number of carbonyl (C=O) groups is 2. The molecule has 1 saturated heterocycles. The van der Waals surface area contributed by atoms with E-state index in [1.807, 2.05) is 0 Å². The Morgan fingerprint density at radius 3 is 2.46 bits per heavy atom. The van der Waals surface area contributed by atoms with E-state index in [0.717, 1.165) is 6.07 Å². The Balaban J connectivity index is 1.94. The second kappa shape index (κ2) is 7.19. The molecule has 1 aliphatic heterocycles. The highest BCUT2D eigenvalue weighted by molar-refractivity contribution is 5.78. The van der Waals surface area contributed by atoms with E-state index >= 15 is 0 Å². The van der Waals surface area contributed by atoms with Gasteiger partial charge in [0.05, 0.1) is 12.1 Å². The summed E-state index contributed by atoms with van der Waals surface area (Å²) in [5.41, 5.74) is -0.882. The first kappa shape index (κ1) is 18.2. The van der Waals surface area contributed by atoms with Gasteiger partial charge in [0.1, 0.15) is 5.69 Å². The Kier molecular flexibility index (Phi) is 5.46. The minimum Gasteiger partial charge on any atom is -0.343 e. The Labute approximate surface area is 138 Å². The van der Waals surface area contributed by atoms with Gasteiger partial charge in [0.25, 0.3) is 0 Å². The molecule has 1 aromatic rings. The summed E-state index contributed by atoms with van der Waals surface area (Å²) in [5, 5.41) is 0. The van der Waals surface area contributed by atoms with Gasteiger partial charge < -0.3 is 9.80 Å². The van der Waals surface area contributed by atoms with Crippen LogP contribution >= 0.6 is 0 Å².